The monoisotopic (exact) mass is 278 g/mol. The molecule has 1 aliphatic heterocycles. The Morgan fingerprint density at radius 2 is 2.06 bits per heavy atom. The van der Waals surface area contributed by atoms with Gasteiger partial charge in [-0.2, -0.15) is 13.2 Å². The molecule has 18 heavy (non-hydrogen) atoms. The number of hydrogen-bond acceptors (Lipinski definition) is 2. The maximum absolute atomic E-state index is 12.7. The normalized spacial score (nSPS) is 18.7. The van der Waals surface area contributed by atoms with Crippen molar-refractivity contribution in [3.63, 3.8) is 0 Å². The summed E-state index contributed by atoms with van der Waals surface area (Å²) in [4.78, 5) is 5.81. The van der Waals surface area contributed by atoms with Crippen LogP contribution in [0.5, 0.6) is 0 Å². The van der Waals surface area contributed by atoms with Crippen molar-refractivity contribution in [2.75, 3.05) is 18.0 Å². The quantitative estimate of drug-likeness (QED) is 0.813. The van der Waals surface area contributed by atoms with Crippen LogP contribution in [0, 0.1) is 5.41 Å². The molecule has 6 heteroatoms. The summed E-state index contributed by atoms with van der Waals surface area (Å²) < 4.78 is 38.1. The van der Waals surface area contributed by atoms with Crippen LogP contribution in [0.4, 0.5) is 19.0 Å². The van der Waals surface area contributed by atoms with Crippen LogP contribution >= 0.6 is 11.6 Å². The van der Waals surface area contributed by atoms with Gasteiger partial charge in [-0.1, -0.05) is 25.4 Å². The summed E-state index contributed by atoms with van der Waals surface area (Å²) in [6.45, 7) is 5.66. The minimum Gasteiger partial charge on any atom is -0.355 e. The molecule has 0 spiro atoms. The number of rotatable bonds is 2. The molecule has 0 aromatic carbocycles. The third-order valence-electron chi connectivity index (χ3n) is 3.47. The van der Waals surface area contributed by atoms with Crippen molar-refractivity contribution in [3.8, 4) is 0 Å². The molecule has 100 valence electrons. The van der Waals surface area contributed by atoms with Crippen molar-refractivity contribution in [1.29, 1.82) is 0 Å². The molecular formula is C12H14ClF3N2. The van der Waals surface area contributed by atoms with Gasteiger partial charge in [0, 0.05) is 24.7 Å². The van der Waals surface area contributed by atoms with Gasteiger partial charge in [0.25, 0.3) is 0 Å². The highest BCUT2D eigenvalue weighted by Gasteiger charge is 2.39. The standard InChI is InChI=1S/C12H14ClF3N2/c1-3-11(2)6-18(7-11)10-4-8(12(14,15)16)9(13)5-17-10/h4-5H,3,6-7H2,1-2H3. The lowest BCUT2D eigenvalue weighted by Crippen LogP contribution is -2.54. The maximum Gasteiger partial charge on any atom is 0.418 e. The van der Waals surface area contributed by atoms with E-state index in [9.17, 15) is 13.2 Å². The summed E-state index contributed by atoms with van der Waals surface area (Å²) in [7, 11) is 0. The van der Waals surface area contributed by atoms with E-state index in [1.165, 1.54) is 0 Å². The number of aromatic nitrogens is 1. The fourth-order valence-electron chi connectivity index (χ4n) is 2.08. The second-order valence-corrected chi connectivity index (χ2v) is 5.45. The molecule has 0 bridgehead atoms. The lowest BCUT2D eigenvalue weighted by Gasteiger charge is -2.48. The average molecular weight is 279 g/mol. The van der Waals surface area contributed by atoms with E-state index in [1.807, 2.05) is 4.90 Å². The Hall–Kier alpha value is -0.970. The van der Waals surface area contributed by atoms with E-state index in [1.54, 1.807) is 0 Å². The summed E-state index contributed by atoms with van der Waals surface area (Å²) in [5.74, 6) is 0.345. The minimum atomic E-state index is -4.44. The van der Waals surface area contributed by atoms with Crippen LogP contribution in [0.25, 0.3) is 0 Å². The molecule has 0 aliphatic carbocycles. The molecule has 0 saturated carbocycles. The molecule has 1 fully saturated rings. The van der Waals surface area contributed by atoms with Crippen LogP contribution in [0.2, 0.25) is 5.02 Å². The molecule has 1 aliphatic rings. The van der Waals surface area contributed by atoms with Crippen LogP contribution < -0.4 is 4.90 Å². The van der Waals surface area contributed by atoms with E-state index < -0.39 is 11.7 Å². The molecule has 1 saturated heterocycles. The Labute approximate surface area is 109 Å². The van der Waals surface area contributed by atoms with Gasteiger partial charge in [-0.3, -0.25) is 0 Å². The Bertz CT molecular complexity index is 453. The molecule has 2 heterocycles. The SMILES string of the molecule is CCC1(C)CN(c2cc(C(F)(F)F)c(Cl)cn2)C1. The third kappa shape index (κ3) is 2.41. The highest BCUT2D eigenvalue weighted by atomic mass is 35.5. The van der Waals surface area contributed by atoms with E-state index in [-0.39, 0.29) is 10.4 Å². The lowest BCUT2D eigenvalue weighted by molar-refractivity contribution is -0.137. The van der Waals surface area contributed by atoms with Crippen LogP contribution in [-0.2, 0) is 6.18 Å². The predicted molar refractivity (Wildman–Crippen MR) is 64.9 cm³/mol. The zero-order valence-corrected chi connectivity index (χ0v) is 10.9. The Balaban J connectivity index is 2.22. The second kappa shape index (κ2) is 4.30. The highest BCUT2D eigenvalue weighted by molar-refractivity contribution is 6.31. The van der Waals surface area contributed by atoms with E-state index >= 15 is 0 Å². The highest BCUT2D eigenvalue weighted by Crippen LogP contribution is 2.40. The third-order valence-corrected chi connectivity index (χ3v) is 3.77. The van der Waals surface area contributed by atoms with Gasteiger partial charge in [-0.15, -0.1) is 0 Å². The van der Waals surface area contributed by atoms with Gasteiger partial charge >= 0.3 is 6.18 Å². The summed E-state index contributed by atoms with van der Waals surface area (Å²) in [5, 5.41) is -0.356. The molecule has 0 atom stereocenters. The first-order valence-electron chi connectivity index (χ1n) is 5.73. The molecular weight excluding hydrogens is 265 g/mol. The Kier molecular flexibility index (Phi) is 3.21. The van der Waals surface area contributed by atoms with E-state index in [2.05, 4.69) is 18.8 Å². The van der Waals surface area contributed by atoms with Crippen molar-refractivity contribution in [3.05, 3.63) is 22.8 Å². The molecule has 1 aromatic heterocycles. The zero-order valence-electron chi connectivity index (χ0n) is 10.2. The van der Waals surface area contributed by atoms with E-state index in [4.69, 9.17) is 11.6 Å². The number of alkyl halides is 3. The number of anilines is 1. The van der Waals surface area contributed by atoms with Crippen LogP contribution in [0.3, 0.4) is 0 Å². The maximum atomic E-state index is 12.7. The zero-order chi connectivity index (χ0) is 13.6. The van der Waals surface area contributed by atoms with E-state index in [0.717, 1.165) is 31.8 Å². The largest absolute Gasteiger partial charge is 0.418 e. The number of hydrogen-bond donors (Lipinski definition) is 0. The van der Waals surface area contributed by atoms with Gasteiger partial charge in [0.1, 0.15) is 5.82 Å². The van der Waals surface area contributed by atoms with Gasteiger partial charge < -0.3 is 4.90 Å². The first-order valence-corrected chi connectivity index (χ1v) is 6.11. The number of halogens is 4. The summed E-state index contributed by atoms with van der Waals surface area (Å²) >= 11 is 5.53. The molecule has 0 N–H and O–H groups in total. The first kappa shape index (κ1) is 13.5. The van der Waals surface area contributed by atoms with E-state index in [0.29, 0.717) is 5.82 Å². The molecule has 0 unspecified atom stereocenters. The smallest absolute Gasteiger partial charge is 0.355 e. The average Bonchev–Trinajstić information content (AvgIpc) is 2.24. The predicted octanol–water partition coefficient (Wildman–Crippen LogP) is 3.99. The van der Waals surface area contributed by atoms with Gasteiger partial charge in [0.2, 0.25) is 0 Å². The van der Waals surface area contributed by atoms with Gasteiger partial charge in [-0.05, 0) is 12.5 Å². The van der Waals surface area contributed by atoms with Crippen molar-refractivity contribution in [2.24, 2.45) is 5.41 Å². The Morgan fingerprint density at radius 3 is 2.56 bits per heavy atom. The lowest BCUT2D eigenvalue weighted by atomic mass is 9.79. The summed E-state index contributed by atoms with van der Waals surface area (Å²) in [6.07, 6.45) is -2.36. The summed E-state index contributed by atoms with van der Waals surface area (Å²) in [5.41, 5.74) is -0.640. The molecule has 0 radical (unpaired) electrons. The molecule has 0 amide bonds. The van der Waals surface area contributed by atoms with Crippen molar-refractivity contribution in [1.82, 2.24) is 4.98 Å². The second-order valence-electron chi connectivity index (χ2n) is 5.04. The topological polar surface area (TPSA) is 16.1 Å². The van der Waals surface area contributed by atoms with Crippen molar-refractivity contribution in [2.45, 2.75) is 26.4 Å². The van der Waals surface area contributed by atoms with Crippen molar-refractivity contribution < 1.29 is 13.2 Å². The number of pyridine rings is 1. The fourth-order valence-corrected chi connectivity index (χ4v) is 2.29. The Morgan fingerprint density at radius 1 is 1.44 bits per heavy atom. The van der Waals surface area contributed by atoms with Crippen LogP contribution in [0.15, 0.2) is 12.3 Å². The fraction of sp³-hybridized carbons (Fsp3) is 0.583. The van der Waals surface area contributed by atoms with Crippen LogP contribution in [-0.4, -0.2) is 18.1 Å². The van der Waals surface area contributed by atoms with Gasteiger partial charge in [-0.25, -0.2) is 4.98 Å². The van der Waals surface area contributed by atoms with Gasteiger partial charge in [0.15, 0.2) is 0 Å². The summed E-state index contributed by atoms with van der Waals surface area (Å²) in [6, 6.07) is 1.03. The molecule has 1 aromatic rings. The van der Waals surface area contributed by atoms with Gasteiger partial charge in [0.05, 0.1) is 10.6 Å². The number of nitrogens with zero attached hydrogens (tertiary/aromatic N) is 2. The molecule has 2 nitrogen and oxygen atoms in total. The minimum absolute atomic E-state index is 0.180. The van der Waals surface area contributed by atoms with Crippen LogP contribution in [0.1, 0.15) is 25.8 Å². The first-order chi connectivity index (χ1) is 8.25. The molecule has 2 rings (SSSR count). The van der Waals surface area contributed by atoms with Crippen molar-refractivity contribution >= 4 is 17.4 Å².